The molecule has 0 aliphatic heterocycles. The second kappa shape index (κ2) is 6.17. The van der Waals surface area contributed by atoms with Gasteiger partial charge in [-0.25, -0.2) is 4.39 Å². The van der Waals surface area contributed by atoms with Crippen LogP contribution < -0.4 is 10.1 Å². The fourth-order valence-corrected chi connectivity index (χ4v) is 2.92. The quantitative estimate of drug-likeness (QED) is 0.860. The SMILES string of the molecule is COc1ccc(F)c(NC(C)c2c(C)cc(C)cc2C)c1. The van der Waals surface area contributed by atoms with Gasteiger partial charge in [0.2, 0.25) is 0 Å². The predicted molar refractivity (Wildman–Crippen MR) is 85.6 cm³/mol. The van der Waals surface area contributed by atoms with Gasteiger partial charge in [0.1, 0.15) is 11.6 Å². The van der Waals surface area contributed by atoms with Gasteiger partial charge in [0.25, 0.3) is 0 Å². The number of anilines is 1. The summed E-state index contributed by atoms with van der Waals surface area (Å²) >= 11 is 0. The van der Waals surface area contributed by atoms with Gasteiger partial charge in [-0.15, -0.1) is 0 Å². The molecule has 1 atom stereocenters. The number of aryl methyl sites for hydroxylation is 3. The van der Waals surface area contributed by atoms with Crippen LogP contribution in [0.3, 0.4) is 0 Å². The van der Waals surface area contributed by atoms with E-state index in [1.54, 1.807) is 19.2 Å². The largest absolute Gasteiger partial charge is 0.497 e. The molecular formula is C18H22FNO. The zero-order chi connectivity index (χ0) is 15.6. The van der Waals surface area contributed by atoms with Crippen LogP contribution in [0.15, 0.2) is 30.3 Å². The molecule has 0 bridgehead atoms. The molecule has 21 heavy (non-hydrogen) atoms. The Hall–Kier alpha value is -2.03. The highest BCUT2D eigenvalue weighted by Crippen LogP contribution is 2.29. The number of hydrogen-bond acceptors (Lipinski definition) is 2. The van der Waals surface area contributed by atoms with Crippen molar-refractivity contribution < 1.29 is 9.13 Å². The van der Waals surface area contributed by atoms with Crippen LogP contribution in [-0.4, -0.2) is 7.11 Å². The second-order valence-electron chi connectivity index (χ2n) is 5.52. The average Bonchev–Trinajstić information content (AvgIpc) is 2.40. The van der Waals surface area contributed by atoms with Crippen LogP contribution in [0.1, 0.15) is 35.2 Å². The van der Waals surface area contributed by atoms with Crippen molar-refractivity contribution >= 4 is 5.69 Å². The molecule has 0 radical (unpaired) electrons. The van der Waals surface area contributed by atoms with Crippen molar-refractivity contribution in [2.24, 2.45) is 0 Å². The third-order valence-corrected chi connectivity index (χ3v) is 3.72. The highest BCUT2D eigenvalue weighted by Gasteiger charge is 2.14. The predicted octanol–water partition coefficient (Wildman–Crippen LogP) is 4.93. The maximum atomic E-state index is 13.9. The number of rotatable bonds is 4. The van der Waals surface area contributed by atoms with Crippen molar-refractivity contribution in [3.05, 3.63) is 58.4 Å². The lowest BCUT2D eigenvalue weighted by molar-refractivity contribution is 0.414. The Balaban J connectivity index is 2.32. The van der Waals surface area contributed by atoms with Crippen molar-refractivity contribution in [3.63, 3.8) is 0 Å². The Morgan fingerprint density at radius 1 is 1.05 bits per heavy atom. The fourth-order valence-electron chi connectivity index (χ4n) is 2.92. The number of halogens is 1. The first kappa shape index (κ1) is 15.4. The maximum absolute atomic E-state index is 13.9. The van der Waals surface area contributed by atoms with Crippen LogP contribution in [0, 0.1) is 26.6 Å². The minimum Gasteiger partial charge on any atom is -0.497 e. The van der Waals surface area contributed by atoms with Gasteiger partial charge in [-0.2, -0.15) is 0 Å². The summed E-state index contributed by atoms with van der Waals surface area (Å²) in [5.74, 6) is 0.369. The molecule has 112 valence electrons. The van der Waals surface area contributed by atoms with Gasteiger partial charge in [0, 0.05) is 12.1 Å². The van der Waals surface area contributed by atoms with Gasteiger partial charge in [0.05, 0.1) is 12.8 Å². The third-order valence-electron chi connectivity index (χ3n) is 3.72. The first-order valence-corrected chi connectivity index (χ1v) is 7.10. The van der Waals surface area contributed by atoms with Crippen LogP contribution in [0.5, 0.6) is 5.75 Å². The highest BCUT2D eigenvalue weighted by atomic mass is 19.1. The number of methoxy groups -OCH3 is 1. The molecule has 0 fully saturated rings. The van der Waals surface area contributed by atoms with Crippen LogP contribution in [0.2, 0.25) is 0 Å². The summed E-state index contributed by atoms with van der Waals surface area (Å²) in [7, 11) is 1.58. The monoisotopic (exact) mass is 287 g/mol. The van der Waals surface area contributed by atoms with Crippen molar-refractivity contribution in [1.29, 1.82) is 0 Å². The van der Waals surface area contributed by atoms with E-state index < -0.39 is 0 Å². The van der Waals surface area contributed by atoms with Crippen molar-refractivity contribution in [3.8, 4) is 5.75 Å². The highest BCUT2D eigenvalue weighted by molar-refractivity contribution is 5.52. The molecule has 0 saturated heterocycles. The molecule has 0 heterocycles. The number of ether oxygens (including phenoxy) is 1. The Morgan fingerprint density at radius 3 is 2.24 bits per heavy atom. The summed E-state index contributed by atoms with van der Waals surface area (Å²) in [6.07, 6.45) is 0. The number of benzene rings is 2. The summed E-state index contributed by atoms with van der Waals surface area (Å²) in [6.45, 7) is 8.32. The fraction of sp³-hybridized carbons (Fsp3) is 0.333. The number of hydrogen-bond donors (Lipinski definition) is 1. The molecule has 2 nitrogen and oxygen atoms in total. The van der Waals surface area contributed by atoms with E-state index in [2.05, 4.69) is 38.2 Å². The van der Waals surface area contributed by atoms with E-state index in [-0.39, 0.29) is 11.9 Å². The lowest BCUT2D eigenvalue weighted by Gasteiger charge is -2.21. The van der Waals surface area contributed by atoms with E-state index in [4.69, 9.17) is 4.74 Å². The average molecular weight is 287 g/mol. The zero-order valence-electron chi connectivity index (χ0n) is 13.3. The lowest BCUT2D eigenvalue weighted by atomic mass is 9.94. The van der Waals surface area contributed by atoms with Gasteiger partial charge < -0.3 is 10.1 Å². The van der Waals surface area contributed by atoms with Crippen LogP contribution in [-0.2, 0) is 0 Å². The maximum Gasteiger partial charge on any atom is 0.146 e. The molecular weight excluding hydrogens is 265 g/mol. The van der Waals surface area contributed by atoms with Gasteiger partial charge >= 0.3 is 0 Å². The lowest BCUT2D eigenvalue weighted by Crippen LogP contribution is -2.11. The van der Waals surface area contributed by atoms with Gasteiger partial charge in [0.15, 0.2) is 0 Å². The molecule has 1 N–H and O–H groups in total. The summed E-state index contributed by atoms with van der Waals surface area (Å²) < 4.78 is 19.1. The molecule has 0 aromatic heterocycles. The minimum atomic E-state index is -0.273. The third kappa shape index (κ3) is 3.35. The van der Waals surface area contributed by atoms with E-state index in [0.29, 0.717) is 11.4 Å². The second-order valence-corrected chi connectivity index (χ2v) is 5.52. The van der Waals surface area contributed by atoms with Crippen LogP contribution in [0.4, 0.5) is 10.1 Å². The Labute approximate surface area is 126 Å². The van der Waals surface area contributed by atoms with E-state index in [1.807, 2.05) is 6.92 Å². The molecule has 0 spiro atoms. The Morgan fingerprint density at radius 2 is 1.67 bits per heavy atom. The van der Waals surface area contributed by atoms with Gasteiger partial charge in [-0.05, 0) is 56.5 Å². The van der Waals surface area contributed by atoms with Gasteiger partial charge in [-0.1, -0.05) is 17.7 Å². The van der Waals surface area contributed by atoms with Crippen molar-refractivity contribution in [2.75, 3.05) is 12.4 Å². The standard InChI is InChI=1S/C18H22FNO/c1-11-8-12(2)18(13(3)9-11)14(4)20-17-10-15(21-5)6-7-16(17)19/h6-10,14,20H,1-5H3. The van der Waals surface area contributed by atoms with E-state index in [1.165, 1.54) is 28.3 Å². The molecule has 2 aromatic carbocycles. The molecule has 2 aromatic rings. The molecule has 0 saturated carbocycles. The molecule has 1 unspecified atom stereocenters. The minimum absolute atomic E-state index is 0.0206. The van der Waals surface area contributed by atoms with E-state index in [0.717, 1.165) is 0 Å². The molecule has 0 aliphatic carbocycles. The summed E-state index contributed by atoms with van der Waals surface area (Å²) in [6, 6.07) is 9.05. The summed E-state index contributed by atoms with van der Waals surface area (Å²) in [5, 5.41) is 3.25. The van der Waals surface area contributed by atoms with Crippen LogP contribution in [0.25, 0.3) is 0 Å². The zero-order valence-corrected chi connectivity index (χ0v) is 13.3. The van der Waals surface area contributed by atoms with E-state index in [9.17, 15) is 4.39 Å². The smallest absolute Gasteiger partial charge is 0.146 e. The molecule has 0 amide bonds. The Bertz CT molecular complexity index is 629. The number of nitrogens with one attached hydrogen (secondary N) is 1. The first-order chi connectivity index (χ1) is 9.92. The normalized spacial score (nSPS) is 12.1. The topological polar surface area (TPSA) is 21.3 Å². The molecule has 2 rings (SSSR count). The van der Waals surface area contributed by atoms with Crippen molar-refractivity contribution in [1.82, 2.24) is 0 Å². The first-order valence-electron chi connectivity index (χ1n) is 7.10. The van der Waals surface area contributed by atoms with Gasteiger partial charge in [-0.3, -0.25) is 0 Å². The van der Waals surface area contributed by atoms with Crippen molar-refractivity contribution in [2.45, 2.75) is 33.7 Å². The molecule has 3 heteroatoms. The summed E-state index contributed by atoms with van der Waals surface area (Å²) in [4.78, 5) is 0. The molecule has 0 aliphatic rings. The van der Waals surface area contributed by atoms with E-state index >= 15 is 0 Å². The summed E-state index contributed by atoms with van der Waals surface area (Å²) in [5.41, 5.74) is 5.35. The van der Waals surface area contributed by atoms with Crippen LogP contribution >= 0.6 is 0 Å². The Kier molecular flexibility index (Phi) is 4.51.